The maximum atomic E-state index is 10.2. The van der Waals surface area contributed by atoms with Gasteiger partial charge in [-0.05, 0) is 110 Å². The molecule has 0 bridgehead atoms. The Kier molecular flexibility index (Phi) is 6.35. The van der Waals surface area contributed by atoms with Crippen molar-refractivity contribution in [3.8, 4) is 0 Å². The van der Waals surface area contributed by atoms with E-state index in [1.807, 2.05) is 0 Å². The first-order valence-corrected chi connectivity index (χ1v) is 13.3. The van der Waals surface area contributed by atoms with Crippen LogP contribution in [0, 0.1) is 52.3 Å². The first kappa shape index (κ1) is 22.6. The fraction of sp³-hybridized carbons (Fsp3) is 0.862. The smallest absolute Gasteiger partial charge is 0.0577 e. The van der Waals surface area contributed by atoms with Crippen molar-refractivity contribution >= 4 is 0 Å². The van der Waals surface area contributed by atoms with Gasteiger partial charge >= 0.3 is 0 Å². The van der Waals surface area contributed by atoms with Crippen LogP contribution in [0.5, 0.6) is 0 Å². The standard InChI is InChI=1S/C29H48O/c1-7-21(19(2)3)9-8-20(4)25-12-13-26-24-11-10-22-18-23(30)14-16-28(22,5)27(24)15-17-29(25,26)6/h8-10,19-21,23-27,30H,7,11-18H2,1-6H3/b9-8+/t20?,21?,23?,24?,25?,26?,27?,28-,29+/m0/s1. The summed E-state index contributed by atoms with van der Waals surface area (Å²) in [6.07, 6.45) is 19.1. The number of rotatable bonds is 5. The minimum atomic E-state index is -0.0870. The summed E-state index contributed by atoms with van der Waals surface area (Å²) in [5.41, 5.74) is 2.51. The van der Waals surface area contributed by atoms with Crippen LogP contribution in [0.2, 0.25) is 0 Å². The van der Waals surface area contributed by atoms with E-state index in [9.17, 15) is 5.11 Å². The topological polar surface area (TPSA) is 20.2 Å². The Balaban J connectivity index is 1.52. The summed E-state index contributed by atoms with van der Waals surface area (Å²) >= 11 is 0. The Morgan fingerprint density at radius 1 is 1.03 bits per heavy atom. The molecular weight excluding hydrogens is 364 g/mol. The lowest BCUT2D eigenvalue weighted by Gasteiger charge is -2.58. The number of aliphatic hydroxyl groups excluding tert-OH is 1. The van der Waals surface area contributed by atoms with Gasteiger partial charge < -0.3 is 5.11 Å². The van der Waals surface area contributed by atoms with Crippen LogP contribution in [0.3, 0.4) is 0 Å². The highest BCUT2D eigenvalue weighted by Gasteiger charge is 2.58. The molecule has 1 nitrogen and oxygen atoms in total. The number of hydrogen-bond donors (Lipinski definition) is 1. The van der Waals surface area contributed by atoms with Crippen molar-refractivity contribution in [2.24, 2.45) is 52.3 Å². The molecule has 0 aromatic heterocycles. The molecule has 30 heavy (non-hydrogen) atoms. The largest absolute Gasteiger partial charge is 0.393 e. The summed E-state index contributed by atoms with van der Waals surface area (Å²) in [6, 6.07) is 0. The van der Waals surface area contributed by atoms with Crippen LogP contribution in [0.15, 0.2) is 23.8 Å². The SMILES string of the molecule is CCC(/C=C/C(C)C1CCC2C3CC=C4CC(O)CC[C@]4(C)C3CC[C@]12C)C(C)C. The van der Waals surface area contributed by atoms with Gasteiger partial charge in [0.15, 0.2) is 0 Å². The van der Waals surface area contributed by atoms with Crippen LogP contribution in [0.25, 0.3) is 0 Å². The van der Waals surface area contributed by atoms with Crippen LogP contribution >= 0.6 is 0 Å². The molecule has 9 atom stereocenters. The molecule has 0 aliphatic heterocycles. The van der Waals surface area contributed by atoms with Gasteiger partial charge in [-0.2, -0.15) is 0 Å². The van der Waals surface area contributed by atoms with Crippen LogP contribution in [-0.4, -0.2) is 11.2 Å². The van der Waals surface area contributed by atoms with E-state index < -0.39 is 0 Å². The molecule has 1 N–H and O–H groups in total. The van der Waals surface area contributed by atoms with E-state index in [-0.39, 0.29) is 6.10 Å². The normalized spacial score (nSPS) is 45.6. The maximum absolute atomic E-state index is 10.2. The van der Waals surface area contributed by atoms with Crippen molar-refractivity contribution in [2.45, 2.75) is 105 Å². The molecule has 0 heterocycles. The van der Waals surface area contributed by atoms with Crippen LogP contribution in [0.4, 0.5) is 0 Å². The minimum absolute atomic E-state index is 0.0870. The molecule has 0 spiro atoms. The highest BCUT2D eigenvalue weighted by molar-refractivity contribution is 5.25. The molecule has 3 saturated carbocycles. The Hall–Kier alpha value is -0.560. The van der Waals surface area contributed by atoms with E-state index in [4.69, 9.17) is 0 Å². The quantitative estimate of drug-likeness (QED) is 0.457. The molecule has 170 valence electrons. The lowest BCUT2D eigenvalue weighted by molar-refractivity contribution is -0.0540. The maximum Gasteiger partial charge on any atom is 0.0577 e. The average molecular weight is 413 g/mol. The second kappa shape index (κ2) is 8.42. The number of aliphatic hydroxyl groups is 1. The van der Waals surface area contributed by atoms with Gasteiger partial charge in [-0.1, -0.05) is 65.3 Å². The summed E-state index contributed by atoms with van der Waals surface area (Å²) in [4.78, 5) is 0. The summed E-state index contributed by atoms with van der Waals surface area (Å²) in [5.74, 6) is 5.70. The van der Waals surface area contributed by atoms with Crippen molar-refractivity contribution in [3.63, 3.8) is 0 Å². The number of allylic oxidation sites excluding steroid dienone is 3. The lowest BCUT2D eigenvalue weighted by atomic mass is 9.47. The van der Waals surface area contributed by atoms with E-state index in [1.165, 1.54) is 44.9 Å². The van der Waals surface area contributed by atoms with E-state index in [2.05, 4.69) is 59.8 Å². The third-order valence-corrected chi connectivity index (χ3v) is 10.8. The van der Waals surface area contributed by atoms with Gasteiger partial charge in [-0.3, -0.25) is 0 Å². The third-order valence-electron chi connectivity index (χ3n) is 10.8. The monoisotopic (exact) mass is 412 g/mol. The van der Waals surface area contributed by atoms with E-state index in [0.717, 1.165) is 48.3 Å². The highest BCUT2D eigenvalue weighted by Crippen LogP contribution is 2.67. The average Bonchev–Trinajstić information content (AvgIpc) is 3.06. The molecule has 0 amide bonds. The molecule has 4 aliphatic carbocycles. The second-order valence-corrected chi connectivity index (χ2v) is 12.4. The van der Waals surface area contributed by atoms with Crippen LogP contribution in [-0.2, 0) is 0 Å². The summed E-state index contributed by atoms with van der Waals surface area (Å²) < 4.78 is 0. The molecule has 0 saturated heterocycles. The Morgan fingerprint density at radius 2 is 1.80 bits per heavy atom. The number of hydrogen-bond acceptors (Lipinski definition) is 1. The van der Waals surface area contributed by atoms with Crippen LogP contribution < -0.4 is 0 Å². The van der Waals surface area contributed by atoms with E-state index in [0.29, 0.717) is 16.7 Å². The molecule has 4 rings (SSSR count). The van der Waals surface area contributed by atoms with Crippen LogP contribution in [0.1, 0.15) is 99.3 Å². The van der Waals surface area contributed by atoms with Gasteiger partial charge in [-0.25, -0.2) is 0 Å². The van der Waals surface area contributed by atoms with Crippen molar-refractivity contribution < 1.29 is 5.11 Å². The lowest BCUT2D eigenvalue weighted by Crippen LogP contribution is -2.50. The van der Waals surface area contributed by atoms with E-state index >= 15 is 0 Å². The first-order chi connectivity index (χ1) is 14.2. The van der Waals surface area contributed by atoms with E-state index in [1.54, 1.807) is 5.57 Å². The highest BCUT2D eigenvalue weighted by atomic mass is 16.3. The van der Waals surface area contributed by atoms with Gasteiger partial charge in [0, 0.05) is 0 Å². The fourth-order valence-electron chi connectivity index (χ4n) is 8.83. The molecule has 0 radical (unpaired) electrons. The minimum Gasteiger partial charge on any atom is -0.393 e. The summed E-state index contributed by atoms with van der Waals surface area (Å²) in [6.45, 7) is 14.8. The van der Waals surface area contributed by atoms with Crippen molar-refractivity contribution in [2.75, 3.05) is 0 Å². The summed E-state index contributed by atoms with van der Waals surface area (Å²) in [7, 11) is 0. The van der Waals surface area contributed by atoms with Gasteiger partial charge in [-0.15, -0.1) is 0 Å². The molecule has 1 heteroatoms. The van der Waals surface area contributed by atoms with Gasteiger partial charge in [0.25, 0.3) is 0 Å². The van der Waals surface area contributed by atoms with Crippen molar-refractivity contribution in [3.05, 3.63) is 23.8 Å². The van der Waals surface area contributed by atoms with Gasteiger partial charge in [0.1, 0.15) is 0 Å². The zero-order valence-electron chi connectivity index (χ0n) is 20.7. The Labute approximate surface area is 186 Å². The number of fused-ring (bicyclic) bond motifs is 5. The molecule has 4 aliphatic rings. The molecule has 0 aromatic rings. The zero-order chi connectivity index (χ0) is 21.7. The predicted octanol–water partition coefficient (Wildman–Crippen LogP) is 7.80. The summed E-state index contributed by atoms with van der Waals surface area (Å²) in [5, 5.41) is 10.2. The molecule has 7 unspecified atom stereocenters. The second-order valence-electron chi connectivity index (χ2n) is 12.4. The molecule has 0 aromatic carbocycles. The zero-order valence-corrected chi connectivity index (χ0v) is 20.7. The fourth-order valence-corrected chi connectivity index (χ4v) is 8.83. The Morgan fingerprint density at radius 3 is 2.50 bits per heavy atom. The van der Waals surface area contributed by atoms with Gasteiger partial charge in [0.2, 0.25) is 0 Å². The molecule has 3 fully saturated rings. The molecular formula is C29H48O. The Bertz CT molecular complexity index is 674. The van der Waals surface area contributed by atoms with Gasteiger partial charge in [0.05, 0.1) is 6.10 Å². The first-order valence-electron chi connectivity index (χ1n) is 13.3. The third kappa shape index (κ3) is 3.66. The van der Waals surface area contributed by atoms with Crippen molar-refractivity contribution in [1.29, 1.82) is 0 Å². The van der Waals surface area contributed by atoms with Crippen molar-refractivity contribution in [1.82, 2.24) is 0 Å². The predicted molar refractivity (Wildman–Crippen MR) is 128 cm³/mol.